The van der Waals surface area contributed by atoms with E-state index in [0.717, 1.165) is 10.4 Å². The first-order chi connectivity index (χ1) is 14.5. The standard InChI is InChI=1S/C20H18ClN3O4S2/c1-27-13-5-2-11(3-6-13)8-28-20(26)16-12(4-7-14-17(21)23-10-30-14)9-29-19-15(22)18(25)24(16)19/h2-7,10,15,19H,8-9,22H2,1H3/t15?,19-/m0/s1. The van der Waals surface area contributed by atoms with Gasteiger partial charge in [-0.2, -0.15) is 0 Å². The van der Waals surface area contributed by atoms with Gasteiger partial charge in [-0.1, -0.05) is 29.8 Å². The highest BCUT2D eigenvalue weighted by Crippen LogP contribution is 2.40. The van der Waals surface area contributed by atoms with Crippen molar-refractivity contribution in [1.29, 1.82) is 0 Å². The van der Waals surface area contributed by atoms with E-state index >= 15 is 0 Å². The van der Waals surface area contributed by atoms with Gasteiger partial charge in [0, 0.05) is 5.75 Å². The van der Waals surface area contributed by atoms with Gasteiger partial charge in [-0.3, -0.25) is 9.69 Å². The normalized spacial score (nSPS) is 20.9. The summed E-state index contributed by atoms with van der Waals surface area (Å²) in [4.78, 5) is 31.5. The molecule has 1 saturated heterocycles. The molecular weight excluding hydrogens is 446 g/mol. The number of carbonyl (C=O) groups is 2. The number of benzene rings is 1. The van der Waals surface area contributed by atoms with Gasteiger partial charge in [0.25, 0.3) is 0 Å². The predicted molar refractivity (Wildman–Crippen MR) is 117 cm³/mol. The molecule has 0 radical (unpaired) electrons. The van der Waals surface area contributed by atoms with Crippen LogP contribution in [-0.4, -0.2) is 46.0 Å². The molecule has 1 aromatic heterocycles. The van der Waals surface area contributed by atoms with E-state index in [4.69, 9.17) is 26.8 Å². The van der Waals surface area contributed by atoms with Crippen LogP contribution in [0.2, 0.25) is 5.15 Å². The molecule has 2 aliphatic rings. The lowest BCUT2D eigenvalue weighted by molar-refractivity contribution is -0.151. The van der Waals surface area contributed by atoms with Crippen LogP contribution in [0, 0.1) is 0 Å². The lowest BCUT2D eigenvalue weighted by atomic mass is 10.0. The van der Waals surface area contributed by atoms with E-state index in [9.17, 15) is 9.59 Å². The number of nitrogens with two attached hydrogens (primary N) is 1. The summed E-state index contributed by atoms with van der Waals surface area (Å²) >= 11 is 8.95. The molecule has 2 aliphatic heterocycles. The maximum atomic E-state index is 13.0. The number of methoxy groups -OCH3 is 1. The predicted octanol–water partition coefficient (Wildman–Crippen LogP) is 3.06. The Morgan fingerprint density at radius 2 is 2.13 bits per heavy atom. The van der Waals surface area contributed by atoms with E-state index in [0.29, 0.717) is 22.2 Å². The fraction of sp³-hybridized carbons (Fsp3) is 0.250. The summed E-state index contributed by atoms with van der Waals surface area (Å²) in [7, 11) is 1.59. The number of β-lactam (4-membered cyclic amide) rings is 1. The van der Waals surface area contributed by atoms with Crippen molar-refractivity contribution in [2.75, 3.05) is 12.9 Å². The number of ether oxygens (including phenoxy) is 2. The summed E-state index contributed by atoms with van der Waals surface area (Å²) in [6.45, 7) is 0.0793. The van der Waals surface area contributed by atoms with Crippen molar-refractivity contribution in [1.82, 2.24) is 9.88 Å². The fourth-order valence-electron chi connectivity index (χ4n) is 3.12. The number of esters is 1. The molecule has 0 saturated carbocycles. The van der Waals surface area contributed by atoms with Crippen LogP contribution in [-0.2, 0) is 20.9 Å². The largest absolute Gasteiger partial charge is 0.497 e. The monoisotopic (exact) mass is 463 g/mol. The molecule has 4 rings (SSSR count). The highest BCUT2D eigenvalue weighted by atomic mass is 35.5. The molecule has 10 heteroatoms. The molecule has 2 atom stereocenters. The van der Waals surface area contributed by atoms with Gasteiger partial charge < -0.3 is 15.2 Å². The molecular formula is C20H18ClN3O4S2. The van der Waals surface area contributed by atoms with E-state index < -0.39 is 12.0 Å². The molecule has 0 bridgehead atoms. The number of thioether (sulfide) groups is 1. The van der Waals surface area contributed by atoms with Crippen molar-refractivity contribution in [2.45, 2.75) is 18.0 Å². The highest BCUT2D eigenvalue weighted by Gasteiger charge is 2.51. The number of nitrogens with zero attached hydrogens (tertiary/aromatic N) is 2. The number of allylic oxidation sites excluding steroid dienone is 1. The summed E-state index contributed by atoms with van der Waals surface area (Å²) in [5, 5.41) is 0.133. The number of rotatable bonds is 6. The molecule has 1 unspecified atom stereocenters. The maximum Gasteiger partial charge on any atom is 0.355 e. The number of carbonyl (C=O) groups excluding carboxylic acids is 2. The SMILES string of the molecule is COc1ccc(COC(=O)C2=C(C=Cc3scnc3Cl)CS[C@H]3C(N)C(=O)N23)cc1. The van der Waals surface area contributed by atoms with Crippen LogP contribution < -0.4 is 10.5 Å². The number of fused-ring (bicyclic) bond motifs is 1. The highest BCUT2D eigenvalue weighted by molar-refractivity contribution is 8.00. The van der Waals surface area contributed by atoms with Gasteiger partial charge in [-0.05, 0) is 29.3 Å². The third-order valence-electron chi connectivity index (χ3n) is 4.75. The molecule has 7 nitrogen and oxygen atoms in total. The molecule has 156 valence electrons. The van der Waals surface area contributed by atoms with Crippen LogP contribution in [0.15, 0.2) is 47.1 Å². The lowest BCUT2D eigenvalue weighted by Gasteiger charge is -2.48. The summed E-state index contributed by atoms with van der Waals surface area (Å²) in [6, 6.07) is 6.61. The van der Waals surface area contributed by atoms with Crippen LogP contribution in [0.3, 0.4) is 0 Å². The first-order valence-electron chi connectivity index (χ1n) is 9.00. The average molecular weight is 464 g/mol. The Hall–Kier alpha value is -2.33. The summed E-state index contributed by atoms with van der Waals surface area (Å²) < 4.78 is 10.6. The van der Waals surface area contributed by atoms with E-state index in [-0.39, 0.29) is 23.6 Å². The summed E-state index contributed by atoms with van der Waals surface area (Å²) in [6.07, 6.45) is 3.57. The van der Waals surface area contributed by atoms with Crippen LogP contribution in [0.5, 0.6) is 5.75 Å². The van der Waals surface area contributed by atoms with E-state index in [2.05, 4.69) is 4.98 Å². The smallest absolute Gasteiger partial charge is 0.355 e. The topological polar surface area (TPSA) is 94.7 Å². The lowest BCUT2D eigenvalue weighted by Crippen LogP contribution is -2.68. The zero-order valence-electron chi connectivity index (χ0n) is 15.9. The molecule has 0 aliphatic carbocycles. The Labute approximate surface area is 186 Å². The van der Waals surface area contributed by atoms with Gasteiger partial charge in [0.2, 0.25) is 5.91 Å². The van der Waals surface area contributed by atoms with E-state index in [1.165, 1.54) is 28.0 Å². The zero-order valence-corrected chi connectivity index (χ0v) is 18.3. The third-order valence-corrected chi connectivity index (χ3v) is 7.28. The first kappa shape index (κ1) is 20.9. The molecule has 2 aromatic rings. The second kappa shape index (κ2) is 8.81. The Morgan fingerprint density at radius 3 is 2.80 bits per heavy atom. The molecule has 1 fully saturated rings. The van der Waals surface area contributed by atoms with Crippen molar-refractivity contribution < 1.29 is 19.1 Å². The minimum atomic E-state index is -0.610. The van der Waals surface area contributed by atoms with Crippen LogP contribution in [0.4, 0.5) is 0 Å². The van der Waals surface area contributed by atoms with Gasteiger partial charge >= 0.3 is 5.97 Å². The van der Waals surface area contributed by atoms with Crippen molar-refractivity contribution in [3.8, 4) is 5.75 Å². The molecule has 3 heterocycles. The molecule has 1 amide bonds. The van der Waals surface area contributed by atoms with Gasteiger partial charge in [0.1, 0.15) is 34.6 Å². The Morgan fingerprint density at radius 1 is 1.37 bits per heavy atom. The van der Waals surface area contributed by atoms with Crippen molar-refractivity contribution in [2.24, 2.45) is 5.73 Å². The van der Waals surface area contributed by atoms with Crippen LogP contribution in [0.1, 0.15) is 10.4 Å². The van der Waals surface area contributed by atoms with E-state index in [1.807, 2.05) is 12.1 Å². The number of hydrogen-bond acceptors (Lipinski definition) is 8. The minimum Gasteiger partial charge on any atom is -0.497 e. The van der Waals surface area contributed by atoms with Crippen LogP contribution in [0.25, 0.3) is 6.08 Å². The van der Waals surface area contributed by atoms with Crippen molar-refractivity contribution in [3.63, 3.8) is 0 Å². The van der Waals surface area contributed by atoms with Crippen molar-refractivity contribution in [3.05, 3.63) is 62.7 Å². The second-order valence-corrected chi connectivity index (χ2v) is 8.92. The van der Waals surface area contributed by atoms with Gasteiger partial charge in [-0.15, -0.1) is 23.1 Å². The zero-order chi connectivity index (χ0) is 21.3. The Bertz CT molecular complexity index is 1030. The second-order valence-electron chi connectivity index (χ2n) is 6.57. The fourth-order valence-corrected chi connectivity index (χ4v) is 5.26. The Kier molecular flexibility index (Phi) is 6.14. The molecule has 2 N–H and O–H groups in total. The third kappa shape index (κ3) is 3.98. The first-order valence-corrected chi connectivity index (χ1v) is 11.3. The molecule has 30 heavy (non-hydrogen) atoms. The minimum absolute atomic E-state index is 0.0793. The molecule has 0 spiro atoms. The average Bonchev–Trinajstić information content (AvgIpc) is 3.19. The maximum absolute atomic E-state index is 13.0. The molecule has 1 aromatic carbocycles. The van der Waals surface area contributed by atoms with Gasteiger partial charge in [0.15, 0.2) is 0 Å². The summed E-state index contributed by atoms with van der Waals surface area (Å²) in [5.74, 6) is 0.396. The number of aromatic nitrogens is 1. The van der Waals surface area contributed by atoms with Gasteiger partial charge in [-0.25, -0.2) is 9.78 Å². The number of thiazole rings is 1. The van der Waals surface area contributed by atoms with E-state index in [1.54, 1.807) is 36.9 Å². The van der Waals surface area contributed by atoms with Crippen LogP contribution >= 0.6 is 34.7 Å². The Balaban J connectivity index is 1.57. The number of amides is 1. The number of hydrogen-bond donors (Lipinski definition) is 1. The van der Waals surface area contributed by atoms with Gasteiger partial charge in [0.05, 0.1) is 17.5 Å². The number of halogens is 1. The quantitative estimate of drug-likeness (QED) is 0.519. The summed E-state index contributed by atoms with van der Waals surface area (Å²) in [5.41, 5.74) is 9.28. The van der Waals surface area contributed by atoms with Crippen molar-refractivity contribution >= 4 is 52.7 Å².